The molecule has 106 valence electrons. The molecule has 0 aliphatic heterocycles. The fraction of sp³-hybridized carbons (Fsp3) is 0.900. The Labute approximate surface area is 119 Å². The first kappa shape index (κ1) is 22.3. The van der Waals surface area contributed by atoms with Crippen LogP contribution >= 0.6 is 0 Å². The fourth-order valence-corrected chi connectivity index (χ4v) is 1.11. The van der Waals surface area contributed by atoms with Crippen LogP contribution in [-0.4, -0.2) is 28.4 Å². The van der Waals surface area contributed by atoms with Gasteiger partial charge in [-0.05, 0) is 18.3 Å². The largest absolute Gasteiger partial charge is 1.00 e. The average Bonchev–Trinajstić information content (AvgIpc) is 1.99. The Morgan fingerprint density at radius 1 is 1.18 bits per heavy atom. The summed E-state index contributed by atoms with van der Waals surface area (Å²) in [7, 11) is -2.42. The van der Waals surface area contributed by atoms with E-state index in [1.54, 1.807) is 0 Å². The number of carboxylic acid groups (broad SMARTS) is 1. The van der Waals surface area contributed by atoms with Crippen LogP contribution in [0, 0.1) is 5.41 Å². The Kier molecular flexibility index (Phi) is 16.6. The summed E-state index contributed by atoms with van der Waals surface area (Å²) in [6, 6.07) is 0. The number of carbonyl (C=O) groups is 1. The molecular formula is C10H22AgBO5. The Balaban J connectivity index is -0.000000340. The average molecular weight is 341 g/mol. The van der Waals surface area contributed by atoms with Crippen LogP contribution < -0.4 is 5.02 Å². The van der Waals surface area contributed by atoms with E-state index in [1.165, 1.54) is 6.42 Å². The van der Waals surface area contributed by atoms with E-state index in [-0.39, 0.29) is 22.4 Å². The molecule has 3 N–H and O–H groups in total. The summed E-state index contributed by atoms with van der Waals surface area (Å²) in [6.07, 6.45) is 4.53. The van der Waals surface area contributed by atoms with E-state index in [2.05, 4.69) is 20.8 Å². The molecule has 17 heavy (non-hydrogen) atoms. The summed E-state index contributed by atoms with van der Waals surface area (Å²) >= 11 is 0. The quantitative estimate of drug-likeness (QED) is 0.496. The molecule has 0 unspecified atom stereocenters. The van der Waals surface area contributed by atoms with Crippen LogP contribution in [0.5, 0.6) is 0 Å². The van der Waals surface area contributed by atoms with Crippen molar-refractivity contribution in [3.63, 3.8) is 0 Å². The molecule has 0 saturated carbocycles. The first-order valence-corrected chi connectivity index (χ1v) is 5.39. The van der Waals surface area contributed by atoms with Crippen LogP contribution in [0.25, 0.3) is 0 Å². The predicted molar refractivity (Wildman–Crippen MR) is 60.4 cm³/mol. The van der Waals surface area contributed by atoms with Crippen LogP contribution in [0.4, 0.5) is 0 Å². The van der Waals surface area contributed by atoms with Gasteiger partial charge in [-0.25, -0.2) is 0 Å². The van der Waals surface area contributed by atoms with Crippen molar-refractivity contribution in [3.05, 3.63) is 0 Å². The Morgan fingerprint density at radius 2 is 1.59 bits per heavy atom. The third kappa shape index (κ3) is 38.6. The zero-order chi connectivity index (χ0) is 13.2. The van der Waals surface area contributed by atoms with E-state index < -0.39 is 13.3 Å². The molecule has 0 atom stereocenters. The van der Waals surface area contributed by atoms with Crippen LogP contribution in [0.1, 0.15) is 52.9 Å². The summed E-state index contributed by atoms with van der Waals surface area (Å²) in [6.45, 7) is 6.64. The zero-order valence-electron chi connectivity index (χ0n) is 10.6. The molecule has 7 heteroatoms. The summed E-state index contributed by atoms with van der Waals surface area (Å²) in [4.78, 5) is 10.2. The SMILES string of the molecule is CC(C)(C)CCCCCC(=O)O.[Ag+].[O-]B(O)O. The predicted octanol–water partition coefficient (Wildman–Crippen LogP) is 0.381. The number of rotatable bonds is 5. The molecule has 0 heterocycles. The van der Waals surface area contributed by atoms with Crippen LogP contribution in [0.3, 0.4) is 0 Å². The van der Waals surface area contributed by atoms with Crippen LogP contribution in [0.15, 0.2) is 0 Å². The molecular weight excluding hydrogens is 319 g/mol. The van der Waals surface area contributed by atoms with Crippen molar-refractivity contribution < 1.29 is 47.4 Å². The monoisotopic (exact) mass is 340 g/mol. The van der Waals surface area contributed by atoms with Crippen molar-refractivity contribution in [2.24, 2.45) is 5.41 Å². The zero-order valence-corrected chi connectivity index (χ0v) is 12.1. The Morgan fingerprint density at radius 3 is 1.88 bits per heavy atom. The molecule has 0 bridgehead atoms. The summed E-state index contributed by atoms with van der Waals surface area (Å²) < 4.78 is 0. The van der Waals surface area contributed by atoms with Crippen LogP contribution in [-0.2, 0) is 27.2 Å². The van der Waals surface area contributed by atoms with Gasteiger partial charge in [0, 0.05) is 6.42 Å². The van der Waals surface area contributed by atoms with Gasteiger partial charge in [-0.15, -0.1) is 0 Å². The van der Waals surface area contributed by atoms with Crippen LogP contribution in [0.2, 0.25) is 0 Å². The minimum Gasteiger partial charge on any atom is -0.832 e. The maximum Gasteiger partial charge on any atom is 1.00 e. The number of hydrogen-bond acceptors (Lipinski definition) is 4. The molecule has 5 nitrogen and oxygen atoms in total. The van der Waals surface area contributed by atoms with Gasteiger partial charge in [0.1, 0.15) is 0 Å². The van der Waals surface area contributed by atoms with Crippen molar-refractivity contribution in [1.29, 1.82) is 0 Å². The minimum absolute atomic E-state index is 0. The van der Waals surface area contributed by atoms with Crippen molar-refractivity contribution >= 4 is 13.3 Å². The first-order valence-electron chi connectivity index (χ1n) is 5.39. The number of carboxylic acids is 1. The number of hydrogen-bond donors (Lipinski definition) is 3. The van der Waals surface area contributed by atoms with Gasteiger partial charge in [0.15, 0.2) is 0 Å². The third-order valence-corrected chi connectivity index (χ3v) is 1.82. The van der Waals surface area contributed by atoms with E-state index in [0.29, 0.717) is 11.8 Å². The summed E-state index contributed by atoms with van der Waals surface area (Å²) in [5.41, 5.74) is 0.392. The maximum absolute atomic E-state index is 10.2. The van der Waals surface area contributed by atoms with Gasteiger partial charge < -0.3 is 20.2 Å². The van der Waals surface area contributed by atoms with Gasteiger partial charge in [0.2, 0.25) is 0 Å². The smallest absolute Gasteiger partial charge is 0.832 e. The molecule has 0 aromatic heterocycles. The normalized spacial score (nSPS) is 9.76. The first-order chi connectivity index (χ1) is 7.15. The van der Waals surface area contributed by atoms with E-state index in [4.69, 9.17) is 20.2 Å². The van der Waals surface area contributed by atoms with Gasteiger partial charge in [-0.3, -0.25) is 4.79 Å². The molecule has 0 aliphatic rings. The molecule has 0 amide bonds. The molecule has 0 radical (unpaired) electrons. The minimum atomic E-state index is -2.42. The Hall–Kier alpha value is 0.155. The molecule has 0 aromatic carbocycles. The van der Waals surface area contributed by atoms with Gasteiger partial charge >= 0.3 is 35.7 Å². The molecule has 0 aliphatic carbocycles. The van der Waals surface area contributed by atoms with Crippen molar-refractivity contribution in [1.82, 2.24) is 0 Å². The number of aliphatic carboxylic acids is 1. The van der Waals surface area contributed by atoms with Crippen molar-refractivity contribution in [2.45, 2.75) is 52.9 Å². The van der Waals surface area contributed by atoms with Gasteiger partial charge in [0.05, 0.1) is 0 Å². The second kappa shape index (κ2) is 12.6. The summed E-state index contributed by atoms with van der Waals surface area (Å²) in [5, 5.41) is 31.1. The molecule has 0 aromatic rings. The van der Waals surface area contributed by atoms with Crippen molar-refractivity contribution in [3.8, 4) is 0 Å². The topological polar surface area (TPSA) is 101 Å². The Bertz CT molecular complexity index is 179. The molecule has 0 fully saturated rings. The van der Waals surface area contributed by atoms with Gasteiger partial charge in [0.25, 0.3) is 0 Å². The standard InChI is InChI=1S/C10H20O2.Ag.BH2O3/c1-10(2,3)8-6-4-5-7-9(11)12;;2-1(3)4/h4-8H2,1-3H3,(H,11,12);;2-3H/q;+1;-1. The summed E-state index contributed by atoms with van der Waals surface area (Å²) in [5.74, 6) is -0.675. The molecule has 0 spiro atoms. The van der Waals surface area contributed by atoms with Crippen molar-refractivity contribution in [2.75, 3.05) is 0 Å². The van der Waals surface area contributed by atoms with Gasteiger partial charge in [-0.2, -0.15) is 0 Å². The van der Waals surface area contributed by atoms with E-state index >= 15 is 0 Å². The van der Waals surface area contributed by atoms with E-state index in [9.17, 15) is 4.79 Å². The van der Waals surface area contributed by atoms with Gasteiger partial charge in [-0.1, -0.05) is 33.6 Å². The maximum atomic E-state index is 10.2. The van der Waals surface area contributed by atoms with E-state index in [1.807, 2.05) is 0 Å². The second-order valence-electron chi connectivity index (χ2n) is 4.84. The third-order valence-electron chi connectivity index (χ3n) is 1.82. The number of unbranched alkanes of at least 4 members (excludes halogenated alkanes) is 2. The second-order valence-corrected chi connectivity index (χ2v) is 4.84. The fourth-order valence-electron chi connectivity index (χ4n) is 1.11. The molecule has 0 saturated heterocycles. The van der Waals surface area contributed by atoms with E-state index in [0.717, 1.165) is 19.3 Å². The molecule has 0 rings (SSSR count).